The van der Waals surface area contributed by atoms with Gasteiger partial charge in [-0.2, -0.15) is 4.31 Å². The fourth-order valence-corrected chi connectivity index (χ4v) is 4.91. The van der Waals surface area contributed by atoms with Crippen molar-refractivity contribution in [2.75, 3.05) is 13.1 Å². The summed E-state index contributed by atoms with van der Waals surface area (Å²) in [5.74, 6) is -0.235. The molecule has 1 saturated heterocycles. The van der Waals surface area contributed by atoms with E-state index in [9.17, 15) is 13.2 Å². The number of carbonyl (C=O) groups excluding carboxylic acids is 1. The molecule has 0 spiro atoms. The molecule has 0 saturated carbocycles. The smallest absolute Gasteiger partial charge is 0.251 e. The summed E-state index contributed by atoms with van der Waals surface area (Å²) in [6.45, 7) is 2.67. The molecule has 1 heterocycles. The summed E-state index contributed by atoms with van der Waals surface area (Å²) in [4.78, 5) is 12.5. The lowest BCUT2D eigenvalue weighted by atomic mass is 10.2. The van der Waals surface area contributed by atoms with Crippen LogP contribution in [0.15, 0.2) is 53.4 Å². The van der Waals surface area contributed by atoms with Gasteiger partial charge in [-0.15, -0.1) is 0 Å². The number of halogens is 1. The Labute approximate surface area is 159 Å². The highest BCUT2D eigenvalue weighted by Crippen LogP contribution is 2.26. The molecule has 1 aliphatic rings. The van der Waals surface area contributed by atoms with E-state index in [4.69, 9.17) is 11.6 Å². The Morgan fingerprint density at radius 1 is 1.15 bits per heavy atom. The molecule has 2 aromatic carbocycles. The Balaban J connectivity index is 1.69. The fraction of sp³-hybridized carbons (Fsp3) is 0.316. The molecule has 0 aromatic heterocycles. The van der Waals surface area contributed by atoms with Gasteiger partial charge >= 0.3 is 0 Å². The standard InChI is InChI=1S/C19H21ClN2O3S/c1-14-4-10-18(11-5-14)26(24,25)22-12-2-3-17(22)13-21-19(23)15-6-8-16(20)9-7-15/h4-11,17H,2-3,12-13H2,1H3,(H,21,23)/t17-/m1/s1. The van der Waals surface area contributed by atoms with E-state index < -0.39 is 10.0 Å². The molecule has 1 N–H and O–H groups in total. The van der Waals surface area contributed by atoms with Gasteiger partial charge in [0.05, 0.1) is 4.90 Å². The number of sulfonamides is 1. The van der Waals surface area contributed by atoms with Crippen molar-refractivity contribution in [2.45, 2.75) is 30.7 Å². The second-order valence-corrected chi connectivity index (χ2v) is 8.77. The van der Waals surface area contributed by atoms with Crippen LogP contribution in [0.3, 0.4) is 0 Å². The Kier molecular flexibility index (Phi) is 5.65. The molecule has 138 valence electrons. The molecule has 0 radical (unpaired) electrons. The molecule has 0 unspecified atom stereocenters. The van der Waals surface area contributed by atoms with Gasteiger partial charge in [0.25, 0.3) is 5.91 Å². The molecule has 1 amide bonds. The first-order valence-corrected chi connectivity index (χ1v) is 10.3. The van der Waals surface area contributed by atoms with E-state index in [2.05, 4.69) is 5.32 Å². The maximum atomic E-state index is 12.9. The fourth-order valence-electron chi connectivity index (χ4n) is 3.09. The molecular weight excluding hydrogens is 372 g/mol. The Morgan fingerprint density at radius 2 is 1.81 bits per heavy atom. The number of nitrogens with one attached hydrogen (secondary N) is 1. The normalized spacial score (nSPS) is 18.0. The molecule has 26 heavy (non-hydrogen) atoms. The largest absolute Gasteiger partial charge is 0.350 e. The lowest BCUT2D eigenvalue weighted by molar-refractivity contribution is 0.0946. The van der Waals surface area contributed by atoms with E-state index >= 15 is 0 Å². The van der Waals surface area contributed by atoms with Gasteiger partial charge < -0.3 is 5.32 Å². The van der Waals surface area contributed by atoms with Gasteiger partial charge in [0.15, 0.2) is 0 Å². The first kappa shape index (κ1) is 18.9. The molecule has 0 bridgehead atoms. The van der Waals surface area contributed by atoms with Crippen molar-refractivity contribution in [3.63, 3.8) is 0 Å². The summed E-state index contributed by atoms with van der Waals surface area (Å²) >= 11 is 5.83. The Morgan fingerprint density at radius 3 is 2.46 bits per heavy atom. The van der Waals surface area contributed by atoms with Gasteiger partial charge in [0.1, 0.15) is 0 Å². The van der Waals surface area contributed by atoms with Crippen LogP contribution in [0.25, 0.3) is 0 Å². The minimum absolute atomic E-state index is 0.235. The Bertz CT molecular complexity index is 880. The van der Waals surface area contributed by atoms with Gasteiger partial charge in [0, 0.05) is 29.7 Å². The topological polar surface area (TPSA) is 66.5 Å². The van der Waals surface area contributed by atoms with Crippen molar-refractivity contribution < 1.29 is 13.2 Å². The summed E-state index contributed by atoms with van der Waals surface area (Å²) in [7, 11) is -3.56. The second kappa shape index (κ2) is 7.78. The van der Waals surface area contributed by atoms with Crippen molar-refractivity contribution in [3.05, 3.63) is 64.7 Å². The first-order valence-electron chi connectivity index (χ1n) is 8.50. The zero-order valence-electron chi connectivity index (χ0n) is 14.5. The van der Waals surface area contributed by atoms with Crippen molar-refractivity contribution in [2.24, 2.45) is 0 Å². The van der Waals surface area contributed by atoms with Gasteiger partial charge in [0.2, 0.25) is 10.0 Å². The third-order valence-electron chi connectivity index (χ3n) is 4.56. The average molecular weight is 393 g/mol. The van der Waals surface area contributed by atoms with E-state index in [1.54, 1.807) is 48.5 Å². The molecule has 7 heteroatoms. The van der Waals surface area contributed by atoms with Crippen LogP contribution < -0.4 is 5.32 Å². The minimum atomic E-state index is -3.56. The number of hydrogen-bond acceptors (Lipinski definition) is 3. The van der Waals surface area contributed by atoms with Crippen molar-refractivity contribution in [3.8, 4) is 0 Å². The van der Waals surface area contributed by atoms with Gasteiger partial charge in [-0.05, 0) is 56.2 Å². The molecule has 1 atom stereocenters. The zero-order chi connectivity index (χ0) is 18.7. The predicted octanol–water partition coefficient (Wildman–Crippen LogP) is 3.23. The highest BCUT2D eigenvalue weighted by molar-refractivity contribution is 7.89. The lowest BCUT2D eigenvalue weighted by Gasteiger charge is -2.24. The summed E-state index contributed by atoms with van der Waals surface area (Å²) in [5, 5.41) is 3.40. The zero-order valence-corrected chi connectivity index (χ0v) is 16.1. The SMILES string of the molecule is Cc1ccc(S(=O)(=O)N2CCC[C@@H]2CNC(=O)c2ccc(Cl)cc2)cc1. The second-order valence-electron chi connectivity index (χ2n) is 6.44. The van der Waals surface area contributed by atoms with Crippen LogP contribution in [-0.2, 0) is 10.0 Å². The van der Waals surface area contributed by atoms with Crippen LogP contribution in [0.5, 0.6) is 0 Å². The summed E-state index contributed by atoms with van der Waals surface area (Å²) in [6.07, 6.45) is 1.51. The van der Waals surface area contributed by atoms with Crippen LogP contribution in [-0.4, -0.2) is 37.8 Å². The van der Waals surface area contributed by atoms with Crippen LogP contribution in [0.2, 0.25) is 5.02 Å². The van der Waals surface area contributed by atoms with E-state index in [0.29, 0.717) is 22.0 Å². The number of nitrogens with zero attached hydrogens (tertiary/aromatic N) is 1. The van der Waals surface area contributed by atoms with Crippen LogP contribution in [0, 0.1) is 6.92 Å². The molecule has 3 rings (SSSR count). The highest BCUT2D eigenvalue weighted by Gasteiger charge is 2.35. The van der Waals surface area contributed by atoms with Crippen LogP contribution >= 0.6 is 11.6 Å². The number of amides is 1. The first-order chi connectivity index (χ1) is 12.4. The van der Waals surface area contributed by atoms with Gasteiger partial charge in [-0.3, -0.25) is 4.79 Å². The monoisotopic (exact) mass is 392 g/mol. The van der Waals surface area contributed by atoms with E-state index in [0.717, 1.165) is 18.4 Å². The summed E-state index contributed by atoms with van der Waals surface area (Å²) in [6, 6.07) is 13.2. The van der Waals surface area contributed by atoms with Crippen molar-refractivity contribution in [1.29, 1.82) is 0 Å². The van der Waals surface area contributed by atoms with Crippen molar-refractivity contribution in [1.82, 2.24) is 9.62 Å². The van der Waals surface area contributed by atoms with Gasteiger partial charge in [-0.25, -0.2) is 8.42 Å². The molecule has 1 aliphatic heterocycles. The molecular formula is C19H21ClN2O3S. The van der Waals surface area contributed by atoms with E-state index in [1.807, 2.05) is 6.92 Å². The van der Waals surface area contributed by atoms with Crippen molar-refractivity contribution >= 4 is 27.5 Å². The molecule has 1 fully saturated rings. The molecule has 2 aromatic rings. The maximum absolute atomic E-state index is 12.9. The molecule has 5 nitrogen and oxygen atoms in total. The third kappa shape index (κ3) is 4.09. The number of aryl methyl sites for hydroxylation is 1. The average Bonchev–Trinajstić information content (AvgIpc) is 3.10. The summed E-state index contributed by atoms with van der Waals surface area (Å²) in [5.41, 5.74) is 1.51. The Hall–Kier alpha value is -1.89. The maximum Gasteiger partial charge on any atom is 0.251 e. The van der Waals surface area contributed by atoms with Crippen LogP contribution in [0.4, 0.5) is 0 Å². The number of rotatable bonds is 5. The van der Waals surface area contributed by atoms with E-state index in [1.165, 1.54) is 4.31 Å². The van der Waals surface area contributed by atoms with Gasteiger partial charge in [-0.1, -0.05) is 29.3 Å². The van der Waals surface area contributed by atoms with E-state index in [-0.39, 0.29) is 18.5 Å². The quantitative estimate of drug-likeness (QED) is 0.849. The highest BCUT2D eigenvalue weighted by atomic mass is 35.5. The number of hydrogen-bond donors (Lipinski definition) is 1. The predicted molar refractivity (Wildman–Crippen MR) is 102 cm³/mol. The van der Waals surface area contributed by atoms with Crippen LogP contribution in [0.1, 0.15) is 28.8 Å². The lowest BCUT2D eigenvalue weighted by Crippen LogP contribution is -2.43. The number of carbonyl (C=O) groups is 1. The minimum Gasteiger partial charge on any atom is -0.350 e. The molecule has 0 aliphatic carbocycles. The summed E-state index contributed by atoms with van der Waals surface area (Å²) < 4.78 is 27.3. The third-order valence-corrected chi connectivity index (χ3v) is 6.77. The number of benzene rings is 2.